The molecule has 1 saturated heterocycles. The van der Waals surface area contributed by atoms with E-state index in [1.54, 1.807) is 12.1 Å². The predicted molar refractivity (Wildman–Crippen MR) is 112 cm³/mol. The lowest BCUT2D eigenvalue weighted by molar-refractivity contribution is 0.0730. The van der Waals surface area contributed by atoms with Crippen molar-refractivity contribution >= 4 is 37.5 Å². The Morgan fingerprint density at radius 1 is 1.18 bits per heavy atom. The van der Waals surface area contributed by atoms with Gasteiger partial charge in [-0.2, -0.15) is 4.31 Å². The van der Waals surface area contributed by atoms with Crippen LogP contribution in [0.3, 0.4) is 0 Å². The van der Waals surface area contributed by atoms with Crippen LogP contribution in [0.4, 0.5) is 5.69 Å². The summed E-state index contributed by atoms with van der Waals surface area (Å²) in [4.78, 5) is 12.9. The minimum absolute atomic E-state index is 0.188. The summed E-state index contributed by atoms with van der Waals surface area (Å²) in [6.45, 7) is 5.25. The Hall–Kier alpha value is -1.74. The van der Waals surface area contributed by atoms with E-state index in [4.69, 9.17) is 4.74 Å². The molecule has 8 heteroatoms. The van der Waals surface area contributed by atoms with Gasteiger partial charge in [0.05, 0.1) is 23.8 Å². The van der Waals surface area contributed by atoms with Gasteiger partial charge in [-0.25, -0.2) is 8.42 Å². The summed E-state index contributed by atoms with van der Waals surface area (Å²) >= 11 is 3.44. The van der Waals surface area contributed by atoms with Crippen LogP contribution in [0.15, 0.2) is 45.8 Å². The molecule has 3 rings (SSSR count). The van der Waals surface area contributed by atoms with E-state index < -0.39 is 10.0 Å². The average Bonchev–Trinajstić information content (AvgIpc) is 2.70. The third-order valence-corrected chi connectivity index (χ3v) is 7.31. The number of aryl methyl sites for hydroxylation is 2. The summed E-state index contributed by atoms with van der Waals surface area (Å²) in [6, 6.07) is 10.5. The number of hydrogen-bond acceptors (Lipinski definition) is 4. The van der Waals surface area contributed by atoms with Gasteiger partial charge in [-0.1, -0.05) is 19.1 Å². The lowest BCUT2D eigenvalue weighted by atomic mass is 10.1. The van der Waals surface area contributed by atoms with Gasteiger partial charge in [-0.3, -0.25) is 4.79 Å². The number of benzene rings is 2. The van der Waals surface area contributed by atoms with Gasteiger partial charge >= 0.3 is 0 Å². The number of carbonyl (C=O) groups is 1. The maximum absolute atomic E-state index is 13.1. The van der Waals surface area contributed by atoms with Gasteiger partial charge in [0.1, 0.15) is 0 Å². The normalized spacial score (nSPS) is 15.4. The van der Waals surface area contributed by atoms with Crippen molar-refractivity contribution in [1.29, 1.82) is 0 Å². The molecule has 1 fully saturated rings. The van der Waals surface area contributed by atoms with Crippen LogP contribution in [-0.4, -0.2) is 44.9 Å². The monoisotopic (exact) mass is 466 g/mol. The fourth-order valence-electron chi connectivity index (χ4n) is 3.07. The second kappa shape index (κ2) is 8.73. The molecule has 0 unspecified atom stereocenters. The Balaban J connectivity index is 1.92. The van der Waals surface area contributed by atoms with Gasteiger partial charge in [0, 0.05) is 23.1 Å². The highest BCUT2D eigenvalue weighted by Gasteiger charge is 2.29. The van der Waals surface area contributed by atoms with Crippen molar-refractivity contribution in [2.75, 3.05) is 31.6 Å². The molecule has 2 aromatic carbocycles. The summed E-state index contributed by atoms with van der Waals surface area (Å²) in [5, 5.41) is 2.84. The third kappa shape index (κ3) is 4.46. The number of carbonyl (C=O) groups excluding carboxylic acids is 1. The van der Waals surface area contributed by atoms with E-state index in [9.17, 15) is 13.2 Å². The zero-order valence-electron chi connectivity index (χ0n) is 15.9. The molecule has 1 amide bonds. The van der Waals surface area contributed by atoms with E-state index in [0.29, 0.717) is 49.5 Å². The van der Waals surface area contributed by atoms with Crippen LogP contribution < -0.4 is 5.32 Å². The van der Waals surface area contributed by atoms with Crippen LogP contribution in [-0.2, 0) is 21.2 Å². The first kappa shape index (κ1) is 21.0. The zero-order valence-corrected chi connectivity index (χ0v) is 18.3. The number of halogens is 1. The number of ether oxygens (including phenoxy) is 1. The van der Waals surface area contributed by atoms with Gasteiger partial charge < -0.3 is 10.1 Å². The minimum atomic E-state index is -3.68. The fraction of sp³-hybridized carbons (Fsp3) is 0.350. The van der Waals surface area contributed by atoms with Crippen molar-refractivity contribution < 1.29 is 17.9 Å². The minimum Gasteiger partial charge on any atom is -0.379 e. The molecule has 1 aliphatic heterocycles. The number of rotatable bonds is 5. The molecule has 6 nitrogen and oxygen atoms in total. The quantitative estimate of drug-likeness (QED) is 0.730. The van der Waals surface area contributed by atoms with Crippen LogP contribution in [0.5, 0.6) is 0 Å². The number of sulfonamides is 1. The van der Waals surface area contributed by atoms with E-state index in [0.717, 1.165) is 10.0 Å². The van der Waals surface area contributed by atoms with E-state index >= 15 is 0 Å². The predicted octanol–water partition coefficient (Wildman–Crippen LogP) is 3.59. The Morgan fingerprint density at radius 3 is 2.54 bits per heavy atom. The second-order valence-electron chi connectivity index (χ2n) is 6.63. The lowest BCUT2D eigenvalue weighted by Crippen LogP contribution is -2.41. The van der Waals surface area contributed by atoms with Gasteiger partial charge in [0.15, 0.2) is 0 Å². The molecule has 0 spiro atoms. The maximum Gasteiger partial charge on any atom is 0.255 e. The Kier molecular flexibility index (Phi) is 6.54. The van der Waals surface area contributed by atoms with Gasteiger partial charge in [0.2, 0.25) is 10.0 Å². The number of amides is 1. The molecule has 0 bridgehead atoms. The highest BCUT2D eigenvalue weighted by atomic mass is 79.9. The van der Waals surface area contributed by atoms with Crippen LogP contribution in [0.25, 0.3) is 0 Å². The van der Waals surface area contributed by atoms with E-state index in [2.05, 4.69) is 21.2 Å². The molecule has 1 aliphatic rings. The van der Waals surface area contributed by atoms with E-state index in [1.807, 2.05) is 32.0 Å². The maximum atomic E-state index is 13.1. The summed E-state index contributed by atoms with van der Waals surface area (Å²) in [6.07, 6.45) is 0.560. The largest absolute Gasteiger partial charge is 0.379 e. The number of nitrogens with zero attached hydrogens (tertiary/aromatic N) is 1. The van der Waals surface area contributed by atoms with Gasteiger partial charge in [-0.05, 0) is 64.7 Å². The van der Waals surface area contributed by atoms with Crippen molar-refractivity contribution in [3.63, 3.8) is 0 Å². The smallest absolute Gasteiger partial charge is 0.255 e. The average molecular weight is 467 g/mol. The summed E-state index contributed by atoms with van der Waals surface area (Å²) in [5.74, 6) is -0.356. The molecule has 150 valence electrons. The van der Waals surface area contributed by atoms with Crippen molar-refractivity contribution in [3.05, 3.63) is 57.6 Å². The molecule has 0 aromatic heterocycles. The molecule has 0 aliphatic carbocycles. The third-order valence-electron chi connectivity index (χ3n) is 4.67. The SMILES string of the molecule is CCc1ccc(C(=O)Nc2ccc(C)cc2Br)cc1S(=O)(=O)N1CCOCC1. The Bertz CT molecular complexity index is 986. The topological polar surface area (TPSA) is 75.7 Å². The van der Waals surface area contributed by atoms with Crippen molar-refractivity contribution in [2.45, 2.75) is 25.2 Å². The Morgan fingerprint density at radius 2 is 1.89 bits per heavy atom. The first-order valence-corrected chi connectivity index (χ1v) is 11.3. The summed E-state index contributed by atoms with van der Waals surface area (Å²) in [5.41, 5.74) is 2.69. The first-order chi connectivity index (χ1) is 13.3. The number of hydrogen-bond donors (Lipinski definition) is 1. The van der Waals surface area contributed by atoms with Crippen molar-refractivity contribution in [3.8, 4) is 0 Å². The number of anilines is 1. The van der Waals surface area contributed by atoms with Crippen LogP contribution in [0, 0.1) is 6.92 Å². The van der Waals surface area contributed by atoms with Gasteiger partial charge in [0.25, 0.3) is 5.91 Å². The van der Waals surface area contributed by atoms with E-state index in [1.165, 1.54) is 10.4 Å². The zero-order chi connectivity index (χ0) is 20.3. The number of nitrogens with one attached hydrogen (secondary N) is 1. The molecule has 1 heterocycles. The van der Waals surface area contributed by atoms with Crippen molar-refractivity contribution in [1.82, 2.24) is 4.31 Å². The van der Waals surface area contributed by atoms with Gasteiger partial charge in [-0.15, -0.1) is 0 Å². The second-order valence-corrected chi connectivity index (χ2v) is 9.39. The lowest BCUT2D eigenvalue weighted by Gasteiger charge is -2.27. The molecule has 0 radical (unpaired) electrons. The molecule has 1 N–H and O–H groups in total. The molecular formula is C20H23BrN2O4S. The fourth-order valence-corrected chi connectivity index (χ4v) is 5.39. The molecule has 0 atom stereocenters. The highest BCUT2D eigenvalue weighted by molar-refractivity contribution is 9.10. The Labute approximate surface area is 174 Å². The molecular weight excluding hydrogens is 444 g/mol. The summed E-state index contributed by atoms with van der Waals surface area (Å²) in [7, 11) is -3.68. The molecule has 0 saturated carbocycles. The van der Waals surface area contributed by atoms with E-state index in [-0.39, 0.29) is 10.8 Å². The summed E-state index contributed by atoms with van der Waals surface area (Å²) < 4.78 is 33.7. The van der Waals surface area contributed by atoms with Crippen molar-refractivity contribution in [2.24, 2.45) is 0 Å². The number of morpholine rings is 1. The first-order valence-electron chi connectivity index (χ1n) is 9.11. The molecule has 2 aromatic rings. The van der Waals surface area contributed by atoms with Crippen LogP contribution in [0.2, 0.25) is 0 Å². The van der Waals surface area contributed by atoms with Crippen LogP contribution >= 0.6 is 15.9 Å². The standard InChI is InChI=1S/C20H23BrN2O4S/c1-3-15-5-6-16(20(24)22-18-7-4-14(2)12-17(18)21)13-19(15)28(25,26)23-8-10-27-11-9-23/h4-7,12-13H,3,8-11H2,1-2H3,(H,22,24). The highest BCUT2D eigenvalue weighted by Crippen LogP contribution is 2.26. The molecule has 28 heavy (non-hydrogen) atoms. The van der Waals surface area contributed by atoms with Crippen LogP contribution in [0.1, 0.15) is 28.4 Å².